The van der Waals surface area contributed by atoms with Gasteiger partial charge < -0.3 is 14.4 Å². The van der Waals surface area contributed by atoms with Crippen LogP contribution >= 0.6 is 0 Å². The van der Waals surface area contributed by atoms with Crippen molar-refractivity contribution in [3.8, 4) is 5.75 Å². The summed E-state index contributed by atoms with van der Waals surface area (Å²) in [5.41, 5.74) is 0.731. The lowest BCUT2D eigenvalue weighted by atomic mass is 9.97. The zero-order valence-electron chi connectivity index (χ0n) is 16.6. The van der Waals surface area contributed by atoms with Crippen LogP contribution in [-0.2, 0) is 14.8 Å². The molecule has 0 fully saturated rings. The van der Waals surface area contributed by atoms with Crippen LogP contribution in [0.3, 0.4) is 0 Å². The van der Waals surface area contributed by atoms with Crippen molar-refractivity contribution in [1.82, 2.24) is 4.90 Å². The quantitative estimate of drug-likeness (QED) is 0.568. The van der Waals surface area contributed by atoms with Crippen molar-refractivity contribution in [3.63, 3.8) is 0 Å². The normalized spacial score (nSPS) is 17.2. The van der Waals surface area contributed by atoms with Gasteiger partial charge in [0.1, 0.15) is 16.9 Å². The summed E-state index contributed by atoms with van der Waals surface area (Å²) < 4.78 is 30.6. The molecular weight excluding hydrogens is 376 g/mol. The number of hydrogen-bond acceptors (Lipinski definition) is 5. The molecule has 2 N–H and O–H groups in total. The van der Waals surface area contributed by atoms with Crippen LogP contribution < -0.4 is 9.88 Å². The number of benzene rings is 1. The molecule has 1 aliphatic carbocycles. The van der Waals surface area contributed by atoms with Crippen LogP contribution in [0.25, 0.3) is 0 Å². The van der Waals surface area contributed by atoms with Crippen molar-refractivity contribution < 1.29 is 17.9 Å². The van der Waals surface area contributed by atoms with Crippen molar-refractivity contribution in [2.24, 2.45) is 11.1 Å². The van der Waals surface area contributed by atoms with E-state index in [2.05, 4.69) is 18.7 Å². The molecular formula is C21H30N2O4S. The predicted octanol–water partition coefficient (Wildman–Crippen LogP) is 3.57. The molecule has 6 nitrogen and oxygen atoms in total. The number of rotatable bonds is 11. The van der Waals surface area contributed by atoms with Gasteiger partial charge in [-0.2, -0.15) is 0 Å². The lowest BCUT2D eigenvalue weighted by Gasteiger charge is -2.33. The van der Waals surface area contributed by atoms with Crippen LogP contribution in [0.2, 0.25) is 0 Å². The number of carbonyl (C=O) groups excluding carboxylic acids is 1. The SMILES string of the molecule is CCCCN(CCCC)C1=C(Oc2ccccc2)C(S(N)(=O)=O)=CC(C=O)C1. The number of para-hydroxylation sites is 1. The summed E-state index contributed by atoms with van der Waals surface area (Å²) in [5, 5.41) is 5.49. The summed E-state index contributed by atoms with van der Waals surface area (Å²) in [7, 11) is -4.05. The Morgan fingerprint density at radius 2 is 1.75 bits per heavy atom. The third-order valence-corrected chi connectivity index (χ3v) is 5.60. The van der Waals surface area contributed by atoms with E-state index in [-0.39, 0.29) is 10.7 Å². The van der Waals surface area contributed by atoms with E-state index in [0.29, 0.717) is 12.2 Å². The van der Waals surface area contributed by atoms with Gasteiger partial charge in [-0.25, -0.2) is 13.6 Å². The van der Waals surface area contributed by atoms with Gasteiger partial charge >= 0.3 is 0 Å². The first kappa shape index (κ1) is 22.2. The number of nitrogens with zero attached hydrogens (tertiary/aromatic N) is 1. The van der Waals surface area contributed by atoms with Gasteiger partial charge in [0.05, 0.1) is 5.70 Å². The minimum Gasteiger partial charge on any atom is -0.454 e. The van der Waals surface area contributed by atoms with Crippen molar-refractivity contribution in [2.75, 3.05) is 13.1 Å². The average Bonchev–Trinajstić information content (AvgIpc) is 2.68. The Kier molecular flexibility index (Phi) is 8.26. The molecule has 0 heterocycles. The van der Waals surface area contributed by atoms with Crippen LogP contribution in [0.5, 0.6) is 5.75 Å². The number of hydrogen-bond donors (Lipinski definition) is 1. The molecule has 1 aliphatic rings. The maximum atomic E-state index is 12.3. The number of carbonyl (C=O) groups is 1. The minimum atomic E-state index is -4.05. The van der Waals surface area contributed by atoms with Crippen molar-refractivity contribution in [1.29, 1.82) is 0 Å². The van der Waals surface area contributed by atoms with Crippen LogP contribution in [0, 0.1) is 5.92 Å². The molecule has 154 valence electrons. The van der Waals surface area contributed by atoms with Crippen molar-refractivity contribution in [2.45, 2.75) is 46.0 Å². The summed E-state index contributed by atoms with van der Waals surface area (Å²) in [5.74, 6) is 0.219. The lowest BCUT2D eigenvalue weighted by molar-refractivity contribution is -0.110. The molecule has 0 aliphatic heterocycles. The zero-order chi connectivity index (χ0) is 20.6. The largest absolute Gasteiger partial charge is 0.454 e. The number of allylic oxidation sites excluding steroid dienone is 2. The van der Waals surface area contributed by atoms with E-state index in [1.54, 1.807) is 12.1 Å². The predicted molar refractivity (Wildman–Crippen MR) is 111 cm³/mol. The van der Waals surface area contributed by atoms with Crippen molar-refractivity contribution in [3.05, 3.63) is 52.8 Å². The smallest absolute Gasteiger partial charge is 0.241 e. The molecule has 1 unspecified atom stereocenters. The van der Waals surface area contributed by atoms with E-state index in [1.165, 1.54) is 6.08 Å². The topological polar surface area (TPSA) is 89.7 Å². The standard InChI is InChI=1S/C21H30N2O4S/c1-3-5-12-23(13-6-4-2)19-14-17(16-24)15-20(28(22,25)26)21(19)27-18-10-8-7-9-11-18/h7-11,15-17H,3-6,12-14H2,1-2H3,(H2,22,25,26). The fraction of sp³-hybridized carbons (Fsp3) is 0.476. The van der Waals surface area contributed by atoms with Gasteiger partial charge in [0, 0.05) is 25.4 Å². The van der Waals surface area contributed by atoms with Gasteiger partial charge in [-0.1, -0.05) is 44.9 Å². The molecule has 0 saturated carbocycles. The Morgan fingerprint density at radius 3 is 2.25 bits per heavy atom. The third-order valence-electron chi connectivity index (χ3n) is 4.67. The molecule has 1 aromatic rings. The highest BCUT2D eigenvalue weighted by molar-refractivity contribution is 7.93. The van der Waals surface area contributed by atoms with Gasteiger partial charge in [0.15, 0.2) is 5.76 Å². The summed E-state index contributed by atoms with van der Waals surface area (Å²) in [4.78, 5) is 13.6. The number of ether oxygens (including phenoxy) is 1. The molecule has 7 heteroatoms. The molecule has 0 bridgehead atoms. The number of nitrogens with two attached hydrogens (primary N) is 1. The number of aldehydes is 1. The van der Waals surface area contributed by atoms with Gasteiger partial charge in [0.2, 0.25) is 10.0 Å². The van der Waals surface area contributed by atoms with Crippen LogP contribution in [0.4, 0.5) is 0 Å². The molecule has 28 heavy (non-hydrogen) atoms. The Labute approximate surface area is 168 Å². The summed E-state index contributed by atoms with van der Waals surface area (Å²) >= 11 is 0. The van der Waals surface area contributed by atoms with Crippen LogP contribution in [-0.4, -0.2) is 32.7 Å². The van der Waals surface area contributed by atoms with E-state index in [9.17, 15) is 13.2 Å². The van der Waals surface area contributed by atoms with Gasteiger partial charge in [-0.05, 0) is 31.1 Å². The Hall–Kier alpha value is -2.12. The van der Waals surface area contributed by atoms with Gasteiger partial charge in [-0.3, -0.25) is 0 Å². The second-order valence-corrected chi connectivity index (χ2v) is 8.49. The monoisotopic (exact) mass is 406 g/mol. The number of primary sulfonamides is 1. The van der Waals surface area contributed by atoms with E-state index >= 15 is 0 Å². The first-order valence-electron chi connectivity index (χ1n) is 9.82. The Bertz CT molecular complexity index is 808. The molecule has 2 rings (SSSR count). The van der Waals surface area contributed by atoms with Gasteiger partial charge in [-0.15, -0.1) is 0 Å². The maximum Gasteiger partial charge on any atom is 0.241 e. The first-order valence-corrected chi connectivity index (χ1v) is 11.4. The number of sulfonamides is 1. The zero-order valence-corrected chi connectivity index (χ0v) is 17.5. The first-order chi connectivity index (χ1) is 13.4. The number of unbranched alkanes of at least 4 members (excludes halogenated alkanes) is 2. The summed E-state index contributed by atoms with van der Waals surface area (Å²) in [6.07, 6.45) is 6.53. The second kappa shape index (κ2) is 10.4. The Morgan fingerprint density at radius 1 is 1.14 bits per heavy atom. The summed E-state index contributed by atoms with van der Waals surface area (Å²) in [6.45, 7) is 5.77. The second-order valence-electron chi connectivity index (χ2n) is 6.97. The molecule has 0 saturated heterocycles. The molecule has 0 amide bonds. The van der Waals surface area contributed by atoms with Crippen molar-refractivity contribution >= 4 is 16.3 Å². The molecule has 0 radical (unpaired) electrons. The van der Waals surface area contributed by atoms with E-state index < -0.39 is 15.9 Å². The minimum absolute atomic E-state index is 0.118. The molecule has 1 atom stereocenters. The summed E-state index contributed by atoms with van der Waals surface area (Å²) in [6, 6.07) is 9.02. The average molecular weight is 407 g/mol. The van der Waals surface area contributed by atoms with E-state index in [4.69, 9.17) is 9.88 Å². The Balaban J connectivity index is 2.56. The fourth-order valence-corrected chi connectivity index (χ4v) is 3.95. The van der Waals surface area contributed by atoms with Crippen LogP contribution in [0.1, 0.15) is 46.0 Å². The highest BCUT2D eigenvalue weighted by Gasteiger charge is 2.32. The van der Waals surface area contributed by atoms with Gasteiger partial charge in [0.25, 0.3) is 0 Å². The molecule has 0 aromatic heterocycles. The molecule has 0 spiro atoms. The highest BCUT2D eigenvalue weighted by Crippen LogP contribution is 2.34. The van der Waals surface area contributed by atoms with Crippen LogP contribution in [0.15, 0.2) is 52.8 Å². The highest BCUT2D eigenvalue weighted by atomic mass is 32.2. The maximum absolute atomic E-state index is 12.3. The van der Waals surface area contributed by atoms with E-state index in [1.807, 2.05) is 18.2 Å². The third kappa shape index (κ3) is 5.94. The van der Waals surface area contributed by atoms with E-state index in [0.717, 1.165) is 50.8 Å². The molecule has 1 aromatic carbocycles. The lowest BCUT2D eigenvalue weighted by Crippen LogP contribution is -2.33. The fourth-order valence-electron chi connectivity index (χ4n) is 3.17.